The van der Waals surface area contributed by atoms with Crippen LogP contribution in [0.3, 0.4) is 0 Å². The number of hydrogen-bond donors (Lipinski definition) is 0. The molecular formula is C23H44BrN. The van der Waals surface area contributed by atoms with E-state index in [1.54, 1.807) is 0 Å². The zero-order valence-electron chi connectivity index (χ0n) is 17.5. The molecule has 0 atom stereocenters. The Bertz CT molecular complexity index is 305. The monoisotopic (exact) mass is 413 g/mol. The Balaban J connectivity index is 0. The van der Waals surface area contributed by atoms with E-state index in [0.717, 1.165) is 4.48 Å². The van der Waals surface area contributed by atoms with Gasteiger partial charge < -0.3 is 21.5 Å². The van der Waals surface area contributed by atoms with Gasteiger partial charge in [-0.15, -0.1) is 0 Å². The van der Waals surface area contributed by atoms with Crippen LogP contribution in [0.15, 0.2) is 36.4 Å². The van der Waals surface area contributed by atoms with Crippen LogP contribution in [0.1, 0.15) is 84.0 Å². The van der Waals surface area contributed by atoms with Crippen molar-refractivity contribution in [2.45, 2.75) is 84.0 Å². The highest BCUT2D eigenvalue weighted by Crippen LogP contribution is 2.12. The number of quaternary nitrogens is 1. The average molecular weight is 415 g/mol. The van der Waals surface area contributed by atoms with Gasteiger partial charge in [-0.25, -0.2) is 0 Å². The largest absolute Gasteiger partial charge is 1.00 e. The zero-order chi connectivity index (χ0) is 17.9. The van der Waals surface area contributed by atoms with Gasteiger partial charge in [0.1, 0.15) is 0 Å². The lowest BCUT2D eigenvalue weighted by atomic mass is 10.1. The molecule has 0 aliphatic carbocycles. The first-order chi connectivity index (χ1) is 11.6. The topological polar surface area (TPSA) is 0 Å². The van der Waals surface area contributed by atoms with Gasteiger partial charge in [0.25, 0.3) is 0 Å². The minimum Gasteiger partial charge on any atom is -1.00 e. The standard InChI is InChI=1S/C17H38N.C6H6.BrH/c1-5-6-7-8-9-10-11-12-13-14-15-16-17-18(2,3)4;1-2-4-6-5-3-1;/h5-17H2,1-4H3;1-6H;1H/q+1;;/p-1. The molecule has 0 spiro atoms. The molecule has 0 unspecified atom stereocenters. The van der Waals surface area contributed by atoms with Crippen LogP contribution in [-0.2, 0) is 0 Å². The molecule has 148 valence electrons. The van der Waals surface area contributed by atoms with Gasteiger partial charge >= 0.3 is 0 Å². The molecule has 0 aromatic heterocycles. The van der Waals surface area contributed by atoms with Gasteiger partial charge in [-0.1, -0.05) is 108 Å². The van der Waals surface area contributed by atoms with E-state index >= 15 is 0 Å². The van der Waals surface area contributed by atoms with E-state index in [9.17, 15) is 0 Å². The van der Waals surface area contributed by atoms with E-state index in [2.05, 4.69) is 28.1 Å². The zero-order valence-corrected chi connectivity index (χ0v) is 19.1. The third-order valence-corrected chi connectivity index (χ3v) is 4.35. The first kappa shape index (κ1) is 26.9. The smallest absolute Gasteiger partial charge is 0.0780 e. The molecule has 0 saturated heterocycles. The first-order valence-corrected chi connectivity index (χ1v) is 10.4. The number of halogens is 1. The number of benzene rings is 1. The maximum Gasteiger partial charge on any atom is 0.0780 e. The Morgan fingerprint density at radius 1 is 0.480 bits per heavy atom. The van der Waals surface area contributed by atoms with E-state index in [1.807, 2.05) is 36.4 Å². The van der Waals surface area contributed by atoms with Crippen LogP contribution in [0, 0.1) is 0 Å². The summed E-state index contributed by atoms with van der Waals surface area (Å²) in [6.45, 7) is 3.62. The SMILES string of the molecule is CCCCCCCCCCCCCC[N+](C)(C)C.[Br-].c1ccccc1. The number of rotatable bonds is 13. The van der Waals surface area contributed by atoms with Crippen LogP contribution >= 0.6 is 0 Å². The second-order valence-corrected chi connectivity index (χ2v) is 8.06. The average Bonchev–Trinajstić information content (AvgIpc) is 2.57. The van der Waals surface area contributed by atoms with Crippen molar-refractivity contribution in [3.05, 3.63) is 36.4 Å². The van der Waals surface area contributed by atoms with Crippen LogP contribution in [0.4, 0.5) is 0 Å². The fraction of sp³-hybridized carbons (Fsp3) is 0.739. The summed E-state index contributed by atoms with van der Waals surface area (Å²) in [5.41, 5.74) is 0. The van der Waals surface area contributed by atoms with E-state index in [-0.39, 0.29) is 17.0 Å². The van der Waals surface area contributed by atoms with Gasteiger partial charge in [-0.2, -0.15) is 0 Å². The van der Waals surface area contributed by atoms with Gasteiger partial charge in [-0.3, -0.25) is 0 Å². The van der Waals surface area contributed by atoms with E-state index < -0.39 is 0 Å². The van der Waals surface area contributed by atoms with Crippen molar-refractivity contribution in [3.8, 4) is 0 Å². The fourth-order valence-electron chi connectivity index (χ4n) is 2.81. The summed E-state index contributed by atoms with van der Waals surface area (Å²) in [7, 11) is 6.87. The summed E-state index contributed by atoms with van der Waals surface area (Å²) in [4.78, 5) is 0. The summed E-state index contributed by atoms with van der Waals surface area (Å²) >= 11 is 0. The maximum atomic E-state index is 2.29. The molecule has 0 saturated carbocycles. The quantitative estimate of drug-likeness (QED) is 0.337. The van der Waals surface area contributed by atoms with E-state index in [1.165, 1.54) is 83.6 Å². The number of unbranched alkanes of at least 4 members (excludes halogenated alkanes) is 11. The van der Waals surface area contributed by atoms with Crippen molar-refractivity contribution in [2.24, 2.45) is 0 Å². The number of nitrogens with zero attached hydrogens (tertiary/aromatic N) is 1. The summed E-state index contributed by atoms with van der Waals surface area (Å²) < 4.78 is 1.12. The summed E-state index contributed by atoms with van der Waals surface area (Å²) in [6, 6.07) is 12.0. The predicted octanol–water partition coefficient (Wildman–Crippen LogP) is 4.08. The minimum atomic E-state index is 0. The highest BCUT2D eigenvalue weighted by Gasteiger charge is 2.04. The molecule has 25 heavy (non-hydrogen) atoms. The molecule has 0 fully saturated rings. The van der Waals surface area contributed by atoms with Crippen LogP contribution in [-0.4, -0.2) is 32.2 Å². The lowest BCUT2D eigenvalue weighted by Crippen LogP contribution is -3.00. The van der Waals surface area contributed by atoms with Crippen LogP contribution < -0.4 is 17.0 Å². The molecule has 0 amide bonds. The molecule has 2 heteroatoms. The molecular weight excluding hydrogens is 370 g/mol. The lowest BCUT2D eigenvalue weighted by Gasteiger charge is -2.23. The molecule has 0 heterocycles. The normalized spacial score (nSPS) is 10.6. The molecule has 1 rings (SSSR count). The third kappa shape index (κ3) is 26.0. The van der Waals surface area contributed by atoms with Crippen LogP contribution in [0.2, 0.25) is 0 Å². The highest BCUT2D eigenvalue weighted by molar-refractivity contribution is 4.99. The molecule has 1 aromatic rings. The van der Waals surface area contributed by atoms with Crippen molar-refractivity contribution in [1.29, 1.82) is 0 Å². The van der Waals surface area contributed by atoms with Crippen LogP contribution in [0.25, 0.3) is 0 Å². The Kier molecular flexibility index (Phi) is 21.5. The van der Waals surface area contributed by atoms with Crippen molar-refractivity contribution in [1.82, 2.24) is 0 Å². The molecule has 1 nitrogen and oxygen atoms in total. The van der Waals surface area contributed by atoms with Crippen molar-refractivity contribution in [2.75, 3.05) is 27.7 Å². The van der Waals surface area contributed by atoms with Gasteiger partial charge in [0.05, 0.1) is 27.7 Å². The van der Waals surface area contributed by atoms with Crippen molar-refractivity contribution in [3.63, 3.8) is 0 Å². The van der Waals surface area contributed by atoms with E-state index in [4.69, 9.17) is 0 Å². The fourth-order valence-corrected chi connectivity index (χ4v) is 2.81. The first-order valence-electron chi connectivity index (χ1n) is 10.4. The van der Waals surface area contributed by atoms with Gasteiger partial charge in [-0.05, 0) is 12.8 Å². The predicted molar refractivity (Wildman–Crippen MR) is 110 cm³/mol. The van der Waals surface area contributed by atoms with E-state index in [0.29, 0.717) is 0 Å². The highest BCUT2D eigenvalue weighted by atomic mass is 79.9. The Morgan fingerprint density at radius 2 is 0.760 bits per heavy atom. The van der Waals surface area contributed by atoms with Crippen molar-refractivity contribution >= 4 is 0 Å². The maximum absolute atomic E-state index is 2.29. The minimum absolute atomic E-state index is 0. The molecule has 0 radical (unpaired) electrons. The number of hydrogen-bond acceptors (Lipinski definition) is 0. The third-order valence-electron chi connectivity index (χ3n) is 4.35. The molecule has 0 aliphatic rings. The molecule has 0 bridgehead atoms. The Morgan fingerprint density at radius 3 is 1.04 bits per heavy atom. The van der Waals surface area contributed by atoms with Crippen molar-refractivity contribution < 1.29 is 21.5 Å². The van der Waals surface area contributed by atoms with Crippen LogP contribution in [0.5, 0.6) is 0 Å². The summed E-state index contributed by atoms with van der Waals surface area (Å²) in [6.07, 6.45) is 17.4. The Hall–Kier alpha value is -0.340. The van der Waals surface area contributed by atoms with Gasteiger partial charge in [0, 0.05) is 0 Å². The van der Waals surface area contributed by atoms with Gasteiger partial charge in [0.15, 0.2) is 0 Å². The second-order valence-electron chi connectivity index (χ2n) is 8.06. The molecule has 0 N–H and O–H groups in total. The molecule has 1 aromatic carbocycles. The summed E-state index contributed by atoms with van der Waals surface area (Å²) in [5, 5.41) is 0. The Labute approximate surface area is 169 Å². The molecule has 0 aliphatic heterocycles. The van der Waals surface area contributed by atoms with Gasteiger partial charge in [0.2, 0.25) is 0 Å². The summed E-state index contributed by atoms with van der Waals surface area (Å²) in [5.74, 6) is 0. The lowest BCUT2D eigenvalue weighted by molar-refractivity contribution is -0.870. The second kappa shape index (κ2) is 20.0.